The maximum atomic E-state index is 12.5. The van der Waals surface area contributed by atoms with Gasteiger partial charge in [0.05, 0.1) is 28.9 Å². The maximum Gasteiger partial charge on any atom is 0.309 e. The van der Waals surface area contributed by atoms with Crippen molar-refractivity contribution in [3.05, 3.63) is 70.9 Å². The van der Waals surface area contributed by atoms with Crippen molar-refractivity contribution in [2.75, 3.05) is 71.5 Å². The van der Waals surface area contributed by atoms with Gasteiger partial charge < -0.3 is 30.3 Å². The number of rotatable bonds is 17. The predicted molar refractivity (Wildman–Crippen MR) is 421 cm³/mol. The number of allylic oxidation sites excluding steroid dienone is 10. The number of esters is 1. The summed E-state index contributed by atoms with van der Waals surface area (Å²) in [5.74, 6) is 7.47. The summed E-state index contributed by atoms with van der Waals surface area (Å²) >= 11 is 0. The van der Waals surface area contributed by atoms with Gasteiger partial charge in [-0.1, -0.05) is 118 Å². The number of aliphatic carboxylic acids is 1. The van der Waals surface area contributed by atoms with E-state index in [0.29, 0.717) is 105 Å². The van der Waals surface area contributed by atoms with Gasteiger partial charge in [-0.15, -0.1) is 0 Å². The van der Waals surface area contributed by atoms with E-state index in [1.54, 1.807) is 11.1 Å². The highest BCUT2D eigenvalue weighted by atomic mass is 32.2. The number of nitrogens with zero attached hydrogens (tertiary/aromatic N) is 2. The number of piperidine rings is 2. The van der Waals surface area contributed by atoms with Gasteiger partial charge in [0, 0.05) is 49.8 Å². The Bertz CT molecular complexity index is 3800. The quantitative estimate of drug-likeness (QED) is 0.0935. The number of carboxylic acid groups (broad SMARTS) is 1. The van der Waals surface area contributed by atoms with Crippen LogP contribution in [0.15, 0.2) is 70.9 Å². The van der Waals surface area contributed by atoms with Crippen molar-refractivity contribution in [2.45, 2.75) is 266 Å². The first-order valence-electron chi connectivity index (χ1n) is 42.6. The third-order valence-electron chi connectivity index (χ3n) is 37.1. The Balaban J connectivity index is 0.000000167. The molecule has 12 fully saturated rings. The first-order valence-corrected chi connectivity index (χ1v) is 46.6. The van der Waals surface area contributed by atoms with E-state index in [-0.39, 0.29) is 61.5 Å². The number of nitrogens with one attached hydrogen (secondary N) is 2. The number of fused-ring (bicyclic) bond motifs is 16. The SMILES string of the molecule is C=C(C)[C@@H]1CC[C@]2(NCCN3CCC(S(C)(=O)=O)CC3)CC[C@]3(C)[C@H](CC[C@@H]4[C@@]5(C)CC=C(C6=CC7C(C6)C7C(=O)O)C(C)(C)[C@@H]5CC[C@]43C)[C@@H]12.C=C(C)[C@@H]1CC[C@]2(NCCN3CCC(S(C)(=O)=O)CC3)CC[C@]3(C)[C@H](CC[C@@H]4[C@@]5(C)CC=C(C6=CC7C(C6)C7C(=O)OCC)C(C)(C)[C@@H]5CC[C@]43C)[C@@H]12. The monoisotopic (exact) mass is 1470 g/mol. The first-order chi connectivity index (χ1) is 48.8. The zero-order valence-corrected chi connectivity index (χ0v) is 69.1. The number of hydrogen-bond acceptors (Lipinski definition) is 11. The molecule has 6 unspecified atom stereocenters. The Morgan fingerprint density at radius 1 is 0.519 bits per heavy atom. The standard InChI is InChI=1S/C46H72N2O4S.C44H68N2O4S/c1-10-52-41(49)39-33-27-30(28-34(33)39)35-14-18-43(6)37(42(35,4)5)15-19-45(8)38(43)12-11-36-40-32(29(2)3)13-20-46(40,22-21-44(36,45)7)47-23-26-48-24-16-31(17-25-48)53(9,50)51;1-27(2)30-11-18-44(45-21-24-46-22-14-29(15-23-46)51(8,49)50)20-19-42(6)34(38(30)44)9-10-36-41(5)16-12-33(28-25-31-32(26-28)37(31)39(47)48)40(3,4)35(41)13-17-43(36,42)7/h14,27,31-34,36-40,47H,2,10-13,15-26,28H2,1,3-9H3;12,25,29-32,34-38,45H,1,9-11,13-24,26H2,2-8H3,(H,47,48)/t32-,33?,34?,36+,37-,38+,39?,40+,43-,44+,45+,46-;30-,31?,32?,34+,35-,36+,37?,38+,41-,42+,43+,44-/m00/s1. The van der Waals surface area contributed by atoms with E-state index in [1.807, 2.05) is 6.92 Å². The molecular formula is C90H140N4O8S2. The van der Waals surface area contributed by atoms with Gasteiger partial charge in [0.25, 0.3) is 0 Å². The number of carboxylic acids is 1. The molecule has 0 amide bonds. The summed E-state index contributed by atoms with van der Waals surface area (Å²) in [5, 5.41) is 17.9. The Morgan fingerprint density at radius 2 is 0.913 bits per heavy atom. The van der Waals surface area contributed by atoms with Crippen LogP contribution in [0.3, 0.4) is 0 Å². The average molecular weight is 1470 g/mol. The second-order valence-corrected chi connectivity index (χ2v) is 46.4. The van der Waals surface area contributed by atoms with Crippen molar-refractivity contribution in [1.82, 2.24) is 20.4 Å². The molecule has 0 aromatic rings. The average Bonchev–Trinajstić information content (AvgIpc) is 1.25. The van der Waals surface area contributed by atoms with E-state index in [1.165, 1.54) is 144 Å². The number of carbonyl (C=O) groups excluding carboxylic acids is 1. The minimum Gasteiger partial charge on any atom is -0.481 e. The molecule has 14 aliphatic carbocycles. The predicted octanol–water partition coefficient (Wildman–Crippen LogP) is 17.1. The third-order valence-corrected chi connectivity index (χ3v) is 40.4. The van der Waals surface area contributed by atoms with Crippen molar-refractivity contribution >= 4 is 31.6 Å². The van der Waals surface area contributed by atoms with Crippen LogP contribution in [-0.4, -0.2) is 137 Å². The molecule has 24 atom stereocenters. The Labute approximate surface area is 630 Å². The van der Waals surface area contributed by atoms with Gasteiger partial charge in [-0.3, -0.25) is 9.59 Å². The molecule has 0 bridgehead atoms. The molecule has 0 aromatic carbocycles. The summed E-state index contributed by atoms with van der Waals surface area (Å²) in [6.07, 6.45) is 41.2. The van der Waals surface area contributed by atoms with Gasteiger partial charge in [-0.05, 0) is 350 Å². The Kier molecular flexibility index (Phi) is 19.4. The highest BCUT2D eigenvalue weighted by Gasteiger charge is 2.74. The lowest BCUT2D eigenvalue weighted by Gasteiger charge is -2.72. The molecule has 16 aliphatic rings. The van der Waals surface area contributed by atoms with Crippen molar-refractivity contribution < 1.29 is 36.3 Å². The fraction of sp³-hybridized carbons (Fsp3) is 0.844. The first kappa shape index (κ1) is 76.5. The summed E-state index contributed by atoms with van der Waals surface area (Å²) in [4.78, 5) is 29.2. The van der Waals surface area contributed by atoms with Gasteiger partial charge in [-0.2, -0.15) is 0 Å². The number of likely N-dealkylation sites (tertiary alicyclic amines) is 2. The normalized spacial score (nSPS) is 46.9. The Hall–Kier alpha value is -2.88. The molecule has 0 spiro atoms. The summed E-state index contributed by atoms with van der Waals surface area (Å²) < 4.78 is 54.0. The Morgan fingerprint density at radius 3 is 1.26 bits per heavy atom. The molecule has 3 N–H and O–H groups in total. The van der Waals surface area contributed by atoms with Gasteiger partial charge in [-0.25, -0.2) is 16.8 Å². The van der Waals surface area contributed by atoms with Crippen LogP contribution in [0.1, 0.15) is 244 Å². The van der Waals surface area contributed by atoms with Gasteiger partial charge in [0.15, 0.2) is 0 Å². The summed E-state index contributed by atoms with van der Waals surface area (Å²) in [5.41, 5.74) is 11.4. The zero-order valence-electron chi connectivity index (χ0n) is 67.5. The number of ether oxygens (including phenoxy) is 1. The molecule has 2 saturated heterocycles. The highest BCUT2D eigenvalue weighted by molar-refractivity contribution is 7.91. The van der Waals surface area contributed by atoms with Crippen molar-refractivity contribution in [3.63, 3.8) is 0 Å². The van der Waals surface area contributed by atoms with Crippen LogP contribution in [-0.2, 0) is 34.0 Å². The van der Waals surface area contributed by atoms with Crippen LogP contribution in [0.25, 0.3) is 0 Å². The molecule has 2 heterocycles. The van der Waals surface area contributed by atoms with E-state index >= 15 is 0 Å². The number of carbonyl (C=O) groups is 2. The van der Waals surface area contributed by atoms with E-state index in [4.69, 9.17) is 4.74 Å². The van der Waals surface area contributed by atoms with Gasteiger partial charge in [0.2, 0.25) is 0 Å². The lowest BCUT2D eigenvalue weighted by atomic mass is 9.33. The topological polar surface area (TPSA) is 162 Å². The molecule has 14 heteroatoms. The molecular weight excluding hydrogens is 1330 g/mol. The molecule has 16 rings (SSSR count). The lowest BCUT2D eigenvalue weighted by Crippen LogP contribution is -2.68. The van der Waals surface area contributed by atoms with Crippen LogP contribution in [0.2, 0.25) is 0 Å². The molecule has 104 heavy (non-hydrogen) atoms. The molecule has 2 aliphatic heterocycles. The van der Waals surface area contributed by atoms with Crippen molar-refractivity contribution in [3.8, 4) is 0 Å². The van der Waals surface area contributed by atoms with E-state index < -0.39 is 25.6 Å². The van der Waals surface area contributed by atoms with E-state index in [2.05, 4.69) is 141 Å². The van der Waals surface area contributed by atoms with Crippen LogP contribution in [0.5, 0.6) is 0 Å². The van der Waals surface area contributed by atoms with Gasteiger partial charge in [0.1, 0.15) is 19.7 Å². The minimum absolute atomic E-state index is 0.0181. The molecule has 10 saturated carbocycles. The second kappa shape index (κ2) is 26.4. The summed E-state index contributed by atoms with van der Waals surface area (Å²) in [6.45, 7) is 50.4. The number of hydrogen-bond donors (Lipinski definition) is 3. The highest BCUT2D eigenvalue weighted by Crippen LogP contribution is 2.80. The molecule has 0 aromatic heterocycles. The third kappa shape index (κ3) is 11.8. The fourth-order valence-corrected chi connectivity index (χ4v) is 33.6. The van der Waals surface area contributed by atoms with Crippen molar-refractivity contribution in [2.24, 2.45) is 138 Å². The fourth-order valence-electron chi connectivity index (χ4n) is 31.5. The van der Waals surface area contributed by atoms with E-state index in [0.717, 1.165) is 103 Å². The molecule has 580 valence electrons. The largest absolute Gasteiger partial charge is 0.481 e. The van der Waals surface area contributed by atoms with Crippen LogP contribution >= 0.6 is 0 Å². The summed E-state index contributed by atoms with van der Waals surface area (Å²) in [6, 6.07) is 0. The van der Waals surface area contributed by atoms with E-state index in [9.17, 15) is 31.5 Å². The molecule has 0 radical (unpaired) electrons. The number of sulfone groups is 2. The van der Waals surface area contributed by atoms with Crippen LogP contribution in [0.4, 0.5) is 0 Å². The minimum atomic E-state index is -2.94. The van der Waals surface area contributed by atoms with Gasteiger partial charge >= 0.3 is 11.9 Å². The smallest absolute Gasteiger partial charge is 0.309 e. The van der Waals surface area contributed by atoms with Crippen LogP contribution in [0, 0.1) is 138 Å². The maximum absolute atomic E-state index is 12.5. The summed E-state index contributed by atoms with van der Waals surface area (Å²) in [7, 11) is -5.89. The van der Waals surface area contributed by atoms with Crippen LogP contribution < -0.4 is 10.6 Å². The lowest BCUT2D eigenvalue weighted by molar-refractivity contribution is -0.221. The zero-order chi connectivity index (χ0) is 74.5. The van der Waals surface area contributed by atoms with Crippen molar-refractivity contribution in [1.29, 1.82) is 0 Å². The second-order valence-electron chi connectivity index (χ2n) is 41.8. The molecule has 12 nitrogen and oxygen atoms in total.